The molecule has 2 aliphatic heterocycles. The second-order valence-electron chi connectivity index (χ2n) is 8.40. The molecule has 3 aliphatic rings. The summed E-state index contributed by atoms with van der Waals surface area (Å²) in [6.07, 6.45) is 7.10. The van der Waals surface area contributed by atoms with E-state index in [9.17, 15) is 14.4 Å². The van der Waals surface area contributed by atoms with Crippen LogP contribution in [0.1, 0.15) is 62.2 Å². The van der Waals surface area contributed by atoms with Gasteiger partial charge in [0.2, 0.25) is 11.8 Å². The van der Waals surface area contributed by atoms with E-state index in [2.05, 4.69) is 6.92 Å². The zero-order valence-corrected chi connectivity index (χ0v) is 16.0. The molecule has 2 saturated heterocycles. The number of nitrogens with zero attached hydrogens (tertiary/aromatic N) is 2. The predicted octanol–water partition coefficient (Wildman–Crippen LogP) is 3.63. The highest BCUT2D eigenvalue weighted by Crippen LogP contribution is 2.42. The number of rotatable bonds is 2. The van der Waals surface area contributed by atoms with Gasteiger partial charge in [0.05, 0.1) is 17.5 Å². The largest absolute Gasteiger partial charge is 0.339 e. The SMILES string of the molecule is C[C@@H]1CC[C@H]2C(=O)N(c3ccc(C(=O)N4CCCCCC4)cc3)C(=O)[C@@H]2C1. The number of anilines is 1. The molecular formula is C22H28N2O3. The lowest BCUT2D eigenvalue weighted by Gasteiger charge is -2.25. The fraction of sp³-hybridized carbons (Fsp3) is 0.591. The summed E-state index contributed by atoms with van der Waals surface area (Å²) in [5.41, 5.74) is 1.23. The standard InChI is InChI=1S/C22H28N2O3/c1-15-6-11-18-19(14-15)22(27)24(21(18)26)17-9-7-16(8-10-17)20(25)23-12-4-2-3-5-13-23/h7-10,15,18-19H,2-6,11-14H2,1H3/t15-,18-,19-/m1/s1. The van der Waals surface area contributed by atoms with Gasteiger partial charge >= 0.3 is 0 Å². The van der Waals surface area contributed by atoms with Crippen LogP contribution in [0.4, 0.5) is 5.69 Å². The number of amides is 3. The Morgan fingerprint density at radius 3 is 2.19 bits per heavy atom. The normalized spacial score (nSPS) is 28.9. The first-order valence-electron chi connectivity index (χ1n) is 10.3. The van der Waals surface area contributed by atoms with E-state index in [1.54, 1.807) is 24.3 Å². The molecule has 27 heavy (non-hydrogen) atoms. The topological polar surface area (TPSA) is 57.7 Å². The molecule has 3 fully saturated rings. The van der Waals surface area contributed by atoms with E-state index in [1.807, 2.05) is 4.90 Å². The highest BCUT2D eigenvalue weighted by Gasteiger charge is 2.49. The molecule has 2 heterocycles. The van der Waals surface area contributed by atoms with Gasteiger partial charge < -0.3 is 4.90 Å². The van der Waals surface area contributed by atoms with Crippen LogP contribution >= 0.6 is 0 Å². The second-order valence-corrected chi connectivity index (χ2v) is 8.40. The molecule has 144 valence electrons. The second kappa shape index (κ2) is 7.45. The van der Waals surface area contributed by atoms with Crippen LogP contribution in [0.5, 0.6) is 0 Å². The van der Waals surface area contributed by atoms with Crippen LogP contribution < -0.4 is 4.90 Å². The lowest BCUT2D eigenvalue weighted by atomic mass is 9.76. The molecule has 5 nitrogen and oxygen atoms in total. The highest BCUT2D eigenvalue weighted by molar-refractivity contribution is 6.22. The highest BCUT2D eigenvalue weighted by atomic mass is 16.2. The molecule has 0 aromatic heterocycles. The minimum Gasteiger partial charge on any atom is -0.339 e. The third-order valence-electron chi connectivity index (χ3n) is 6.45. The fourth-order valence-electron chi connectivity index (χ4n) is 4.85. The van der Waals surface area contributed by atoms with Crippen molar-refractivity contribution in [3.05, 3.63) is 29.8 Å². The summed E-state index contributed by atoms with van der Waals surface area (Å²) in [4.78, 5) is 41.6. The van der Waals surface area contributed by atoms with Crippen LogP contribution in [0.3, 0.4) is 0 Å². The van der Waals surface area contributed by atoms with Crippen molar-refractivity contribution in [1.29, 1.82) is 0 Å². The molecule has 5 heteroatoms. The van der Waals surface area contributed by atoms with E-state index in [1.165, 1.54) is 17.7 Å². The molecule has 0 bridgehead atoms. The van der Waals surface area contributed by atoms with Crippen LogP contribution in [0.25, 0.3) is 0 Å². The molecule has 0 spiro atoms. The van der Waals surface area contributed by atoms with Crippen LogP contribution in [0.2, 0.25) is 0 Å². The van der Waals surface area contributed by atoms with Gasteiger partial charge in [0.1, 0.15) is 0 Å². The van der Waals surface area contributed by atoms with Gasteiger partial charge in [-0.3, -0.25) is 19.3 Å². The number of carbonyl (C=O) groups is 3. The van der Waals surface area contributed by atoms with Gasteiger partial charge in [-0.2, -0.15) is 0 Å². The van der Waals surface area contributed by atoms with Gasteiger partial charge in [0, 0.05) is 18.7 Å². The Morgan fingerprint density at radius 2 is 1.52 bits per heavy atom. The first-order valence-corrected chi connectivity index (χ1v) is 10.3. The molecule has 1 saturated carbocycles. The third kappa shape index (κ3) is 3.40. The Balaban J connectivity index is 1.51. The summed E-state index contributed by atoms with van der Waals surface area (Å²) in [6.45, 7) is 3.77. The Labute approximate surface area is 160 Å². The maximum Gasteiger partial charge on any atom is 0.253 e. The van der Waals surface area contributed by atoms with Gasteiger partial charge in [-0.15, -0.1) is 0 Å². The first-order chi connectivity index (χ1) is 13.1. The molecule has 0 N–H and O–H groups in total. The van der Waals surface area contributed by atoms with Gasteiger partial charge in [0.15, 0.2) is 0 Å². The van der Waals surface area contributed by atoms with Gasteiger partial charge in [-0.1, -0.05) is 19.8 Å². The Bertz CT molecular complexity index is 734. The van der Waals surface area contributed by atoms with Gasteiger partial charge in [-0.25, -0.2) is 0 Å². The van der Waals surface area contributed by atoms with Crippen molar-refractivity contribution >= 4 is 23.4 Å². The Morgan fingerprint density at radius 1 is 0.889 bits per heavy atom. The summed E-state index contributed by atoms with van der Waals surface area (Å²) in [6, 6.07) is 7.02. The number of hydrogen-bond donors (Lipinski definition) is 0. The Kier molecular flexibility index (Phi) is 5.02. The average molecular weight is 368 g/mol. The van der Waals surface area contributed by atoms with E-state index in [0.717, 1.165) is 45.2 Å². The zero-order valence-electron chi connectivity index (χ0n) is 16.0. The van der Waals surface area contributed by atoms with Crippen LogP contribution in [-0.2, 0) is 9.59 Å². The zero-order chi connectivity index (χ0) is 19.0. The van der Waals surface area contributed by atoms with E-state index < -0.39 is 0 Å². The number of likely N-dealkylation sites (tertiary alicyclic amines) is 1. The van der Waals surface area contributed by atoms with Crippen LogP contribution in [0, 0.1) is 17.8 Å². The molecule has 1 aromatic rings. The van der Waals surface area contributed by atoms with Crippen molar-refractivity contribution in [2.45, 2.75) is 51.9 Å². The van der Waals surface area contributed by atoms with Crippen LogP contribution in [0.15, 0.2) is 24.3 Å². The van der Waals surface area contributed by atoms with Crippen LogP contribution in [-0.4, -0.2) is 35.7 Å². The van der Waals surface area contributed by atoms with E-state index in [0.29, 0.717) is 17.2 Å². The van der Waals surface area contributed by atoms with Crippen molar-refractivity contribution in [1.82, 2.24) is 4.90 Å². The van der Waals surface area contributed by atoms with Crippen molar-refractivity contribution < 1.29 is 14.4 Å². The lowest BCUT2D eigenvalue weighted by molar-refractivity contribution is -0.122. The number of fused-ring (bicyclic) bond motifs is 1. The molecule has 1 aliphatic carbocycles. The first kappa shape index (κ1) is 18.2. The van der Waals surface area contributed by atoms with Crippen molar-refractivity contribution in [3.8, 4) is 0 Å². The lowest BCUT2D eigenvalue weighted by Crippen LogP contribution is -2.32. The fourth-order valence-corrected chi connectivity index (χ4v) is 4.85. The molecule has 3 atom stereocenters. The number of benzene rings is 1. The van der Waals surface area contributed by atoms with E-state index in [-0.39, 0.29) is 29.6 Å². The summed E-state index contributed by atoms with van der Waals surface area (Å²) < 4.78 is 0. The summed E-state index contributed by atoms with van der Waals surface area (Å²) in [5, 5.41) is 0. The molecule has 1 aromatic carbocycles. The monoisotopic (exact) mass is 368 g/mol. The van der Waals surface area contributed by atoms with Crippen molar-refractivity contribution in [3.63, 3.8) is 0 Å². The van der Waals surface area contributed by atoms with Gasteiger partial charge in [-0.05, 0) is 62.3 Å². The summed E-state index contributed by atoms with van der Waals surface area (Å²) >= 11 is 0. The smallest absolute Gasteiger partial charge is 0.253 e. The molecule has 4 rings (SSSR count). The Hall–Kier alpha value is -2.17. The maximum absolute atomic E-state index is 12.8. The van der Waals surface area contributed by atoms with Crippen molar-refractivity contribution in [2.75, 3.05) is 18.0 Å². The maximum atomic E-state index is 12.8. The molecular weight excluding hydrogens is 340 g/mol. The number of imide groups is 1. The van der Waals surface area contributed by atoms with Crippen molar-refractivity contribution in [2.24, 2.45) is 17.8 Å². The summed E-state index contributed by atoms with van der Waals surface area (Å²) in [7, 11) is 0. The molecule has 0 radical (unpaired) electrons. The number of hydrogen-bond acceptors (Lipinski definition) is 3. The molecule has 3 amide bonds. The quantitative estimate of drug-likeness (QED) is 0.749. The minimum absolute atomic E-state index is 0.0463. The van der Waals surface area contributed by atoms with Gasteiger partial charge in [0.25, 0.3) is 5.91 Å². The van der Waals surface area contributed by atoms with E-state index in [4.69, 9.17) is 0 Å². The number of carbonyl (C=O) groups excluding carboxylic acids is 3. The third-order valence-corrected chi connectivity index (χ3v) is 6.45. The summed E-state index contributed by atoms with van der Waals surface area (Å²) in [5.74, 6) is 0.0833. The predicted molar refractivity (Wildman–Crippen MR) is 103 cm³/mol. The minimum atomic E-state index is -0.167. The average Bonchev–Trinajstić information content (AvgIpc) is 2.87. The van der Waals surface area contributed by atoms with E-state index >= 15 is 0 Å². The molecule has 0 unspecified atom stereocenters.